The molecule has 1 unspecified atom stereocenters. The minimum Gasteiger partial charge on any atom is -0.384 e. The SMILES string of the molecule is CNCC(O)C(=O)c1ccc(F)cc1F. The van der Waals surface area contributed by atoms with Crippen molar-refractivity contribution in [2.24, 2.45) is 0 Å². The normalized spacial score (nSPS) is 12.5. The van der Waals surface area contributed by atoms with Gasteiger partial charge in [0.05, 0.1) is 5.56 Å². The van der Waals surface area contributed by atoms with E-state index in [4.69, 9.17) is 0 Å². The standard InChI is InChI=1S/C10H11F2NO2/c1-13-5-9(14)10(15)7-3-2-6(11)4-8(7)12/h2-4,9,13-14H,5H2,1H3. The fourth-order valence-electron chi connectivity index (χ4n) is 1.15. The summed E-state index contributed by atoms with van der Waals surface area (Å²) in [6.45, 7) is 0.0235. The molecule has 1 aromatic rings. The molecule has 0 radical (unpaired) electrons. The van der Waals surface area contributed by atoms with E-state index in [2.05, 4.69) is 5.32 Å². The Morgan fingerprint density at radius 3 is 2.73 bits per heavy atom. The molecule has 0 saturated heterocycles. The maximum atomic E-state index is 13.1. The van der Waals surface area contributed by atoms with Gasteiger partial charge in [-0.25, -0.2) is 8.78 Å². The number of nitrogens with one attached hydrogen (secondary N) is 1. The molecule has 0 spiro atoms. The second-order valence-electron chi connectivity index (χ2n) is 3.06. The number of aliphatic hydroxyl groups is 1. The van der Waals surface area contributed by atoms with E-state index in [9.17, 15) is 18.7 Å². The number of likely N-dealkylation sites (N-methyl/N-ethyl adjacent to an activating group) is 1. The number of halogens is 2. The summed E-state index contributed by atoms with van der Waals surface area (Å²) in [5.41, 5.74) is -0.306. The Kier molecular flexibility index (Phi) is 3.88. The number of hydrogen-bond acceptors (Lipinski definition) is 3. The first-order chi connectivity index (χ1) is 7.06. The van der Waals surface area contributed by atoms with Gasteiger partial charge in [0.1, 0.15) is 17.7 Å². The Morgan fingerprint density at radius 2 is 2.20 bits per heavy atom. The second-order valence-corrected chi connectivity index (χ2v) is 3.06. The summed E-state index contributed by atoms with van der Waals surface area (Å²) in [4.78, 5) is 11.4. The maximum absolute atomic E-state index is 13.1. The number of carbonyl (C=O) groups is 1. The van der Waals surface area contributed by atoms with Gasteiger partial charge in [0.25, 0.3) is 0 Å². The van der Waals surface area contributed by atoms with Gasteiger partial charge < -0.3 is 10.4 Å². The molecule has 1 atom stereocenters. The van der Waals surface area contributed by atoms with Gasteiger partial charge in [0.15, 0.2) is 5.78 Å². The van der Waals surface area contributed by atoms with E-state index in [0.29, 0.717) is 6.07 Å². The Hall–Kier alpha value is -1.33. The van der Waals surface area contributed by atoms with Crippen LogP contribution in [0.5, 0.6) is 0 Å². The molecule has 5 heteroatoms. The first-order valence-electron chi connectivity index (χ1n) is 4.38. The number of aliphatic hydroxyl groups excluding tert-OH is 1. The third-order valence-electron chi connectivity index (χ3n) is 1.90. The molecule has 82 valence electrons. The van der Waals surface area contributed by atoms with E-state index in [1.54, 1.807) is 7.05 Å². The fraction of sp³-hybridized carbons (Fsp3) is 0.300. The van der Waals surface area contributed by atoms with Crippen LogP contribution in [0.3, 0.4) is 0 Å². The van der Waals surface area contributed by atoms with E-state index in [1.807, 2.05) is 0 Å². The monoisotopic (exact) mass is 215 g/mol. The molecule has 15 heavy (non-hydrogen) atoms. The van der Waals surface area contributed by atoms with Crippen molar-refractivity contribution in [3.8, 4) is 0 Å². The van der Waals surface area contributed by atoms with E-state index >= 15 is 0 Å². The first-order valence-corrected chi connectivity index (χ1v) is 4.38. The minimum absolute atomic E-state index is 0.0235. The maximum Gasteiger partial charge on any atom is 0.195 e. The molecule has 0 saturated carbocycles. The molecule has 2 N–H and O–H groups in total. The molecule has 1 rings (SSSR count). The van der Waals surface area contributed by atoms with E-state index in [-0.39, 0.29) is 12.1 Å². The van der Waals surface area contributed by atoms with Gasteiger partial charge in [-0.2, -0.15) is 0 Å². The number of hydrogen-bond donors (Lipinski definition) is 2. The number of ketones is 1. The lowest BCUT2D eigenvalue weighted by Crippen LogP contribution is -2.31. The summed E-state index contributed by atoms with van der Waals surface area (Å²) < 4.78 is 25.6. The molecule has 0 fully saturated rings. The van der Waals surface area contributed by atoms with Crippen molar-refractivity contribution in [1.29, 1.82) is 0 Å². The van der Waals surface area contributed by atoms with Gasteiger partial charge in [-0.3, -0.25) is 4.79 Å². The summed E-state index contributed by atoms with van der Waals surface area (Å²) in [5, 5.41) is 11.9. The number of rotatable bonds is 4. The van der Waals surface area contributed by atoms with Crippen molar-refractivity contribution in [1.82, 2.24) is 5.32 Å². The first kappa shape index (κ1) is 11.7. The quantitative estimate of drug-likeness (QED) is 0.728. The van der Waals surface area contributed by atoms with Crippen molar-refractivity contribution in [3.63, 3.8) is 0 Å². The molecule has 1 aromatic carbocycles. The second kappa shape index (κ2) is 4.95. The van der Waals surface area contributed by atoms with Gasteiger partial charge >= 0.3 is 0 Å². The third kappa shape index (κ3) is 2.81. The van der Waals surface area contributed by atoms with Crippen LogP contribution in [0.2, 0.25) is 0 Å². The van der Waals surface area contributed by atoms with Crippen LogP contribution in [0, 0.1) is 11.6 Å². The minimum atomic E-state index is -1.32. The smallest absolute Gasteiger partial charge is 0.195 e. The molecule has 0 bridgehead atoms. The predicted molar refractivity (Wildman–Crippen MR) is 50.6 cm³/mol. The zero-order valence-electron chi connectivity index (χ0n) is 8.13. The average Bonchev–Trinajstić information content (AvgIpc) is 2.17. The van der Waals surface area contributed by atoms with Crippen molar-refractivity contribution >= 4 is 5.78 Å². The Balaban J connectivity index is 2.91. The van der Waals surface area contributed by atoms with E-state index < -0.39 is 23.5 Å². The summed E-state index contributed by atoms with van der Waals surface area (Å²) >= 11 is 0. The lowest BCUT2D eigenvalue weighted by Gasteiger charge is -2.09. The van der Waals surface area contributed by atoms with Crippen molar-refractivity contribution in [3.05, 3.63) is 35.4 Å². The number of benzene rings is 1. The van der Waals surface area contributed by atoms with Crippen LogP contribution in [-0.4, -0.2) is 30.6 Å². The summed E-state index contributed by atoms with van der Waals surface area (Å²) in [5.74, 6) is -2.48. The highest BCUT2D eigenvalue weighted by Crippen LogP contribution is 2.11. The highest BCUT2D eigenvalue weighted by molar-refractivity contribution is 5.99. The largest absolute Gasteiger partial charge is 0.384 e. The van der Waals surface area contributed by atoms with Crippen LogP contribution in [0.4, 0.5) is 8.78 Å². The topological polar surface area (TPSA) is 49.3 Å². The van der Waals surface area contributed by atoms with E-state index in [1.165, 1.54) is 0 Å². The highest BCUT2D eigenvalue weighted by atomic mass is 19.1. The zero-order valence-corrected chi connectivity index (χ0v) is 8.13. The lowest BCUT2D eigenvalue weighted by atomic mass is 10.1. The van der Waals surface area contributed by atoms with Gasteiger partial charge in [0, 0.05) is 12.6 Å². The molecular weight excluding hydrogens is 204 g/mol. The third-order valence-corrected chi connectivity index (χ3v) is 1.90. The number of carbonyl (C=O) groups excluding carboxylic acids is 1. The summed E-state index contributed by atoms with van der Waals surface area (Å²) in [6.07, 6.45) is -1.32. The molecule has 0 aromatic heterocycles. The van der Waals surface area contributed by atoms with Crippen LogP contribution in [0.25, 0.3) is 0 Å². The number of Topliss-reactive ketones (excluding diaryl/α,β-unsaturated/α-hetero) is 1. The summed E-state index contributed by atoms with van der Waals surface area (Å²) in [6, 6.07) is 2.60. The van der Waals surface area contributed by atoms with Crippen molar-refractivity contribution in [2.75, 3.05) is 13.6 Å². The Bertz CT molecular complexity index is 368. The van der Waals surface area contributed by atoms with Crippen LogP contribution in [0.1, 0.15) is 10.4 Å². The van der Waals surface area contributed by atoms with Crippen LogP contribution in [0.15, 0.2) is 18.2 Å². The average molecular weight is 215 g/mol. The van der Waals surface area contributed by atoms with Crippen LogP contribution in [-0.2, 0) is 0 Å². The van der Waals surface area contributed by atoms with Crippen LogP contribution >= 0.6 is 0 Å². The molecule has 0 amide bonds. The van der Waals surface area contributed by atoms with Crippen LogP contribution < -0.4 is 5.32 Å². The highest BCUT2D eigenvalue weighted by Gasteiger charge is 2.19. The van der Waals surface area contributed by atoms with Gasteiger partial charge in [-0.15, -0.1) is 0 Å². The molecule has 0 aliphatic heterocycles. The van der Waals surface area contributed by atoms with Crippen molar-refractivity contribution in [2.45, 2.75) is 6.10 Å². The lowest BCUT2D eigenvalue weighted by molar-refractivity contribution is 0.0746. The van der Waals surface area contributed by atoms with Gasteiger partial charge in [-0.1, -0.05) is 0 Å². The zero-order chi connectivity index (χ0) is 11.4. The fourth-order valence-corrected chi connectivity index (χ4v) is 1.15. The molecule has 0 heterocycles. The van der Waals surface area contributed by atoms with E-state index in [0.717, 1.165) is 12.1 Å². The van der Waals surface area contributed by atoms with Gasteiger partial charge in [-0.05, 0) is 19.2 Å². The van der Waals surface area contributed by atoms with Crippen molar-refractivity contribution < 1.29 is 18.7 Å². The summed E-state index contributed by atoms with van der Waals surface area (Å²) in [7, 11) is 1.55. The Morgan fingerprint density at radius 1 is 1.53 bits per heavy atom. The molecule has 0 aliphatic rings. The molecular formula is C10H11F2NO2. The van der Waals surface area contributed by atoms with Gasteiger partial charge in [0.2, 0.25) is 0 Å². The molecule has 3 nitrogen and oxygen atoms in total. The Labute approximate surface area is 85.7 Å². The molecule has 0 aliphatic carbocycles. The predicted octanol–water partition coefficient (Wildman–Crippen LogP) is 0.728.